The molecule has 0 aromatic heterocycles. The van der Waals surface area contributed by atoms with Gasteiger partial charge in [-0.3, -0.25) is 9.10 Å². The maximum Gasteiger partial charge on any atom is 0.267 e. The van der Waals surface area contributed by atoms with Gasteiger partial charge in [-0.2, -0.15) is 4.31 Å². The third-order valence-corrected chi connectivity index (χ3v) is 8.51. The molecule has 0 aliphatic carbocycles. The summed E-state index contributed by atoms with van der Waals surface area (Å²) < 4.78 is 69.6. The maximum atomic E-state index is 13.2. The lowest BCUT2D eigenvalue weighted by Gasteiger charge is -2.33. The predicted octanol–water partition coefficient (Wildman–Crippen LogP) is 0.882. The van der Waals surface area contributed by atoms with E-state index < -0.39 is 32.1 Å². The molecule has 0 unspecified atom stereocenters. The van der Waals surface area contributed by atoms with Crippen LogP contribution in [0.15, 0.2) is 47.4 Å². The quantitative estimate of drug-likeness (QED) is 0.605. The number of rotatable bonds is 6. The molecule has 1 N–H and O–H groups in total. The summed E-state index contributed by atoms with van der Waals surface area (Å²) in [5.74, 6) is -0.233. The van der Waals surface area contributed by atoms with E-state index in [4.69, 9.17) is 14.2 Å². The van der Waals surface area contributed by atoms with Crippen molar-refractivity contribution in [3.05, 3.63) is 42.5 Å². The van der Waals surface area contributed by atoms with Crippen LogP contribution in [0.25, 0.3) is 0 Å². The molecule has 1 fully saturated rings. The number of benzene rings is 2. The predicted molar refractivity (Wildman–Crippen MR) is 124 cm³/mol. The first-order valence-corrected chi connectivity index (χ1v) is 13.7. The van der Waals surface area contributed by atoms with Gasteiger partial charge in [-0.1, -0.05) is 12.1 Å². The Morgan fingerprint density at radius 2 is 1.79 bits per heavy atom. The van der Waals surface area contributed by atoms with Gasteiger partial charge in [0.25, 0.3) is 5.91 Å². The zero-order valence-corrected chi connectivity index (χ0v) is 20.3. The fraction of sp³-hybridized carbons (Fsp3) is 0.381. The normalized spacial score (nSPS) is 19.1. The Morgan fingerprint density at radius 3 is 2.47 bits per heavy atom. The van der Waals surface area contributed by atoms with Crippen LogP contribution in [0.2, 0.25) is 0 Å². The van der Waals surface area contributed by atoms with Crippen molar-refractivity contribution >= 4 is 37.3 Å². The molecule has 2 aromatic rings. The zero-order chi connectivity index (χ0) is 24.5. The van der Waals surface area contributed by atoms with E-state index in [0.717, 1.165) is 10.6 Å². The number of sulfonamides is 2. The molecule has 1 amide bonds. The van der Waals surface area contributed by atoms with Crippen LogP contribution in [0, 0.1) is 0 Å². The van der Waals surface area contributed by atoms with Gasteiger partial charge in [-0.25, -0.2) is 16.8 Å². The first kappa shape index (κ1) is 24.3. The summed E-state index contributed by atoms with van der Waals surface area (Å²) in [5, 5.41) is 2.63. The van der Waals surface area contributed by atoms with Gasteiger partial charge >= 0.3 is 0 Å². The summed E-state index contributed by atoms with van der Waals surface area (Å²) in [7, 11) is -6.20. The monoisotopic (exact) mass is 511 g/mol. The number of methoxy groups -OCH3 is 1. The fourth-order valence-corrected chi connectivity index (χ4v) is 6.26. The lowest BCUT2D eigenvalue weighted by molar-refractivity contribution is -0.122. The second kappa shape index (κ2) is 9.41. The van der Waals surface area contributed by atoms with E-state index in [0.29, 0.717) is 5.69 Å². The number of nitrogens with one attached hydrogen (secondary N) is 1. The number of nitrogens with zero attached hydrogens (tertiary/aromatic N) is 2. The number of ether oxygens (including phenoxy) is 3. The Balaban J connectivity index is 1.60. The Hall–Kier alpha value is -2.87. The molecule has 2 aliphatic heterocycles. The molecule has 0 bridgehead atoms. The molecule has 1 atom stereocenters. The third-order valence-electron chi connectivity index (χ3n) is 5.45. The standard InChI is InChI=1S/C21H25N3O8S2/c1-30-18-8-7-15(13-20(18)34(28,29)23-9-11-31-12-10-23)22-21(25)19-14-24(33(2,26)27)16-5-3-4-6-17(16)32-19/h3-8,13,19H,9-12,14H2,1-2H3,(H,22,25)/t19-/m1/s1. The van der Waals surface area contributed by atoms with E-state index in [9.17, 15) is 21.6 Å². The highest BCUT2D eigenvalue weighted by atomic mass is 32.2. The number of carbonyl (C=O) groups is 1. The van der Waals surface area contributed by atoms with Crippen LogP contribution in [-0.4, -0.2) is 79.4 Å². The van der Waals surface area contributed by atoms with Crippen LogP contribution >= 0.6 is 0 Å². The Labute approximate surface area is 198 Å². The number of fused-ring (bicyclic) bond motifs is 1. The van der Waals surface area contributed by atoms with Crippen molar-refractivity contribution in [1.82, 2.24) is 4.31 Å². The molecule has 13 heteroatoms. The topological polar surface area (TPSA) is 132 Å². The molecule has 184 valence electrons. The van der Waals surface area contributed by atoms with E-state index >= 15 is 0 Å². The molecule has 2 aliphatic rings. The first-order chi connectivity index (χ1) is 16.1. The summed E-state index contributed by atoms with van der Waals surface area (Å²) in [5.41, 5.74) is 0.545. The van der Waals surface area contributed by atoms with Gasteiger partial charge in [0.15, 0.2) is 6.10 Å². The van der Waals surface area contributed by atoms with E-state index in [1.807, 2.05) is 0 Å². The number of amides is 1. The lowest BCUT2D eigenvalue weighted by Crippen LogP contribution is -2.48. The Bertz CT molecular complexity index is 1290. The van der Waals surface area contributed by atoms with Gasteiger partial charge in [0.05, 0.1) is 38.8 Å². The third kappa shape index (κ3) is 4.82. The molecule has 0 spiro atoms. The molecule has 0 radical (unpaired) electrons. The van der Waals surface area contributed by atoms with Crippen LogP contribution in [0.5, 0.6) is 11.5 Å². The van der Waals surface area contributed by atoms with E-state index in [-0.39, 0.29) is 54.9 Å². The number of para-hydroxylation sites is 2. The molecule has 1 saturated heterocycles. The number of anilines is 2. The zero-order valence-electron chi connectivity index (χ0n) is 18.6. The summed E-state index contributed by atoms with van der Waals surface area (Å²) in [6.45, 7) is 0.763. The van der Waals surface area contributed by atoms with Crippen molar-refractivity contribution in [2.45, 2.75) is 11.0 Å². The van der Waals surface area contributed by atoms with Gasteiger partial charge in [0, 0.05) is 18.8 Å². The highest BCUT2D eigenvalue weighted by molar-refractivity contribution is 7.92. The van der Waals surface area contributed by atoms with Crippen LogP contribution in [-0.2, 0) is 29.6 Å². The Kier molecular flexibility index (Phi) is 6.71. The summed E-state index contributed by atoms with van der Waals surface area (Å²) >= 11 is 0. The molecule has 11 nitrogen and oxygen atoms in total. The summed E-state index contributed by atoms with van der Waals surface area (Å²) in [4.78, 5) is 12.9. The molecule has 34 heavy (non-hydrogen) atoms. The molecular weight excluding hydrogens is 486 g/mol. The minimum absolute atomic E-state index is 0.0950. The fourth-order valence-electron chi connectivity index (χ4n) is 3.76. The van der Waals surface area contributed by atoms with Crippen molar-refractivity contribution in [1.29, 1.82) is 0 Å². The lowest BCUT2D eigenvalue weighted by atomic mass is 10.2. The average molecular weight is 512 g/mol. The van der Waals surface area contributed by atoms with Gasteiger partial charge < -0.3 is 19.5 Å². The SMILES string of the molecule is COc1ccc(NC(=O)[C@H]2CN(S(C)(=O)=O)c3ccccc3O2)cc1S(=O)(=O)N1CCOCC1. The van der Waals surface area contributed by atoms with Crippen molar-refractivity contribution in [2.75, 3.05) is 55.8 Å². The van der Waals surface area contributed by atoms with Gasteiger partial charge in [-0.15, -0.1) is 0 Å². The van der Waals surface area contributed by atoms with Crippen LogP contribution in [0.4, 0.5) is 11.4 Å². The van der Waals surface area contributed by atoms with Gasteiger partial charge in [0.1, 0.15) is 16.4 Å². The largest absolute Gasteiger partial charge is 0.495 e. The second-order valence-electron chi connectivity index (χ2n) is 7.74. The van der Waals surface area contributed by atoms with Crippen molar-refractivity contribution in [2.24, 2.45) is 0 Å². The van der Waals surface area contributed by atoms with Gasteiger partial charge in [-0.05, 0) is 30.3 Å². The summed E-state index contributed by atoms with van der Waals surface area (Å²) in [6.07, 6.45) is -0.0953. The highest BCUT2D eigenvalue weighted by Crippen LogP contribution is 2.35. The molecular formula is C21H25N3O8S2. The van der Waals surface area contributed by atoms with Gasteiger partial charge in [0.2, 0.25) is 20.0 Å². The number of carbonyl (C=O) groups excluding carboxylic acids is 1. The highest BCUT2D eigenvalue weighted by Gasteiger charge is 2.35. The first-order valence-electron chi connectivity index (χ1n) is 10.4. The molecule has 0 saturated carbocycles. The minimum Gasteiger partial charge on any atom is -0.495 e. The molecule has 2 aromatic carbocycles. The van der Waals surface area contributed by atoms with Crippen molar-refractivity contribution < 1.29 is 35.8 Å². The molecule has 2 heterocycles. The Morgan fingerprint density at radius 1 is 1.09 bits per heavy atom. The summed E-state index contributed by atoms with van der Waals surface area (Å²) in [6, 6.07) is 10.8. The van der Waals surface area contributed by atoms with Crippen LogP contribution in [0.1, 0.15) is 0 Å². The van der Waals surface area contributed by atoms with Crippen LogP contribution < -0.4 is 19.1 Å². The maximum absolute atomic E-state index is 13.2. The van der Waals surface area contributed by atoms with E-state index in [1.54, 1.807) is 24.3 Å². The van der Waals surface area contributed by atoms with Crippen molar-refractivity contribution in [3.63, 3.8) is 0 Å². The smallest absolute Gasteiger partial charge is 0.267 e. The second-order valence-corrected chi connectivity index (χ2v) is 11.6. The molecule has 4 rings (SSSR count). The van der Waals surface area contributed by atoms with E-state index in [2.05, 4.69) is 5.32 Å². The van der Waals surface area contributed by atoms with Crippen LogP contribution in [0.3, 0.4) is 0 Å². The number of hydrogen-bond acceptors (Lipinski definition) is 8. The number of morpholine rings is 1. The average Bonchev–Trinajstić information content (AvgIpc) is 2.83. The van der Waals surface area contributed by atoms with E-state index in [1.165, 1.54) is 29.6 Å². The minimum atomic E-state index is -3.90. The number of hydrogen-bond donors (Lipinski definition) is 1. The van der Waals surface area contributed by atoms with Crippen molar-refractivity contribution in [3.8, 4) is 11.5 Å².